The zero-order chi connectivity index (χ0) is 15.8. The van der Waals surface area contributed by atoms with E-state index in [0.717, 1.165) is 12.8 Å². The lowest BCUT2D eigenvalue weighted by Gasteiger charge is -2.27. The van der Waals surface area contributed by atoms with Gasteiger partial charge in [-0.2, -0.15) is 5.26 Å². The number of benzene rings is 2. The molecule has 0 saturated heterocycles. The quantitative estimate of drug-likeness (QED) is 0.803. The molecule has 0 fully saturated rings. The molecule has 2 rings (SSSR count). The number of hydrogen-bond donors (Lipinski definition) is 1. The van der Waals surface area contributed by atoms with Gasteiger partial charge in [0.05, 0.1) is 18.2 Å². The third-order valence-electron chi connectivity index (χ3n) is 4.27. The molecule has 0 unspecified atom stereocenters. The average molecular weight is 292 g/mol. The minimum Gasteiger partial charge on any atom is -0.291 e. The third kappa shape index (κ3) is 3.96. The molecule has 0 spiro atoms. The maximum Gasteiger partial charge on any atom is 0.0988 e. The van der Waals surface area contributed by atoms with Gasteiger partial charge >= 0.3 is 0 Å². The van der Waals surface area contributed by atoms with Crippen LogP contribution in [0.2, 0.25) is 0 Å². The predicted molar refractivity (Wildman–Crippen MR) is 91.3 cm³/mol. The van der Waals surface area contributed by atoms with E-state index in [2.05, 4.69) is 49.5 Å². The standard InChI is InChI=1S/C20H24N2/c1-3-16(4-2)19(15-21)22-20(17-11-7-5-8-12-17)18-13-9-6-10-14-18/h5-14,16,19-20,22H,3-4H2,1-2H3/t19-/m1/s1. The molecule has 114 valence electrons. The fourth-order valence-corrected chi connectivity index (χ4v) is 2.89. The van der Waals surface area contributed by atoms with Crippen LogP contribution in [0.5, 0.6) is 0 Å². The van der Waals surface area contributed by atoms with Crippen LogP contribution in [0.25, 0.3) is 0 Å². The van der Waals surface area contributed by atoms with Gasteiger partial charge in [-0.25, -0.2) is 0 Å². The summed E-state index contributed by atoms with van der Waals surface area (Å²) in [6.07, 6.45) is 2.02. The van der Waals surface area contributed by atoms with Crippen molar-refractivity contribution in [2.24, 2.45) is 5.92 Å². The van der Waals surface area contributed by atoms with Crippen LogP contribution in [-0.4, -0.2) is 6.04 Å². The van der Waals surface area contributed by atoms with Gasteiger partial charge in [-0.15, -0.1) is 0 Å². The average Bonchev–Trinajstić information content (AvgIpc) is 2.60. The molecule has 2 aromatic carbocycles. The number of nitrogens with one attached hydrogen (secondary N) is 1. The Balaban J connectivity index is 2.31. The van der Waals surface area contributed by atoms with Crippen molar-refractivity contribution in [2.45, 2.75) is 38.8 Å². The third-order valence-corrected chi connectivity index (χ3v) is 4.27. The maximum absolute atomic E-state index is 9.59. The predicted octanol–water partition coefficient (Wildman–Crippen LogP) is 4.69. The molecular formula is C20H24N2. The Hall–Kier alpha value is -2.11. The molecule has 0 aliphatic heterocycles. The van der Waals surface area contributed by atoms with E-state index in [0.29, 0.717) is 5.92 Å². The highest BCUT2D eigenvalue weighted by Gasteiger charge is 2.23. The van der Waals surface area contributed by atoms with Gasteiger partial charge in [0, 0.05) is 0 Å². The first-order valence-electron chi connectivity index (χ1n) is 8.05. The highest BCUT2D eigenvalue weighted by Crippen LogP contribution is 2.24. The Morgan fingerprint density at radius 1 is 0.864 bits per heavy atom. The fourth-order valence-electron chi connectivity index (χ4n) is 2.89. The van der Waals surface area contributed by atoms with Gasteiger partial charge in [0.1, 0.15) is 0 Å². The molecule has 0 saturated carbocycles. The molecule has 22 heavy (non-hydrogen) atoms. The van der Waals surface area contributed by atoms with Crippen LogP contribution in [0.3, 0.4) is 0 Å². The molecule has 0 amide bonds. The second-order valence-electron chi connectivity index (χ2n) is 5.60. The molecule has 1 atom stereocenters. The van der Waals surface area contributed by atoms with Crippen LogP contribution in [0.4, 0.5) is 0 Å². The van der Waals surface area contributed by atoms with Gasteiger partial charge in [0.2, 0.25) is 0 Å². The first-order valence-corrected chi connectivity index (χ1v) is 8.05. The van der Waals surface area contributed by atoms with Crippen molar-refractivity contribution in [2.75, 3.05) is 0 Å². The Bertz CT molecular complexity index is 543. The Kier molecular flexibility index (Phi) is 6.18. The van der Waals surface area contributed by atoms with Gasteiger partial charge in [0.25, 0.3) is 0 Å². The van der Waals surface area contributed by atoms with E-state index in [4.69, 9.17) is 0 Å². The van der Waals surface area contributed by atoms with Gasteiger partial charge in [-0.05, 0) is 17.0 Å². The van der Waals surface area contributed by atoms with Crippen molar-refractivity contribution in [1.82, 2.24) is 5.32 Å². The minimum atomic E-state index is -0.139. The molecule has 2 heteroatoms. The summed E-state index contributed by atoms with van der Waals surface area (Å²) < 4.78 is 0. The molecule has 0 radical (unpaired) electrons. The van der Waals surface area contributed by atoms with Crippen molar-refractivity contribution in [3.05, 3.63) is 71.8 Å². The highest BCUT2D eigenvalue weighted by atomic mass is 15.0. The summed E-state index contributed by atoms with van der Waals surface area (Å²) in [5.41, 5.74) is 2.39. The summed E-state index contributed by atoms with van der Waals surface area (Å²) in [6.45, 7) is 4.31. The van der Waals surface area contributed by atoms with E-state index >= 15 is 0 Å². The molecule has 0 aliphatic carbocycles. The fraction of sp³-hybridized carbons (Fsp3) is 0.350. The monoisotopic (exact) mass is 292 g/mol. The van der Waals surface area contributed by atoms with Gasteiger partial charge in [-0.1, -0.05) is 87.4 Å². The van der Waals surface area contributed by atoms with E-state index in [9.17, 15) is 5.26 Å². The summed E-state index contributed by atoms with van der Waals surface area (Å²) in [4.78, 5) is 0. The maximum atomic E-state index is 9.59. The lowest BCUT2D eigenvalue weighted by molar-refractivity contribution is 0.371. The Morgan fingerprint density at radius 3 is 1.68 bits per heavy atom. The van der Waals surface area contributed by atoms with Crippen LogP contribution in [0.15, 0.2) is 60.7 Å². The second kappa shape index (κ2) is 8.36. The highest BCUT2D eigenvalue weighted by molar-refractivity contribution is 5.32. The SMILES string of the molecule is CCC(CC)[C@@H](C#N)NC(c1ccccc1)c1ccccc1. The summed E-state index contributed by atoms with van der Waals surface area (Å²) in [5.74, 6) is 0.375. The summed E-state index contributed by atoms with van der Waals surface area (Å²) in [7, 11) is 0. The molecule has 0 heterocycles. The van der Waals surface area contributed by atoms with E-state index in [1.54, 1.807) is 0 Å². The van der Waals surface area contributed by atoms with Crippen molar-refractivity contribution in [3.8, 4) is 6.07 Å². The van der Waals surface area contributed by atoms with Crippen molar-refractivity contribution in [3.63, 3.8) is 0 Å². The van der Waals surface area contributed by atoms with Crippen LogP contribution in [-0.2, 0) is 0 Å². The van der Waals surface area contributed by atoms with E-state index < -0.39 is 0 Å². The topological polar surface area (TPSA) is 35.8 Å². The van der Waals surface area contributed by atoms with Crippen molar-refractivity contribution >= 4 is 0 Å². The zero-order valence-electron chi connectivity index (χ0n) is 13.4. The first-order chi connectivity index (χ1) is 10.8. The second-order valence-corrected chi connectivity index (χ2v) is 5.60. The normalized spacial score (nSPS) is 12.3. The minimum absolute atomic E-state index is 0.0487. The molecule has 0 aliphatic rings. The van der Waals surface area contributed by atoms with Gasteiger partial charge in [-0.3, -0.25) is 5.32 Å². The van der Waals surface area contributed by atoms with E-state index in [-0.39, 0.29) is 12.1 Å². The van der Waals surface area contributed by atoms with Gasteiger partial charge < -0.3 is 0 Å². The molecule has 2 aromatic rings. The number of rotatable bonds is 7. The van der Waals surface area contributed by atoms with Crippen LogP contribution >= 0.6 is 0 Å². The van der Waals surface area contributed by atoms with Gasteiger partial charge in [0.15, 0.2) is 0 Å². The Labute approximate surface area is 133 Å². The van der Waals surface area contributed by atoms with E-state index in [1.165, 1.54) is 11.1 Å². The lowest BCUT2D eigenvalue weighted by atomic mass is 9.91. The van der Waals surface area contributed by atoms with Crippen molar-refractivity contribution in [1.29, 1.82) is 5.26 Å². The lowest BCUT2D eigenvalue weighted by Crippen LogP contribution is -2.37. The summed E-state index contributed by atoms with van der Waals surface area (Å²) in [6, 6.07) is 23.1. The smallest absolute Gasteiger partial charge is 0.0988 e. The number of nitrogens with zero attached hydrogens (tertiary/aromatic N) is 1. The van der Waals surface area contributed by atoms with Crippen LogP contribution in [0.1, 0.15) is 43.9 Å². The number of hydrogen-bond acceptors (Lipinski definition) is 2. The molecule has 1 N–H and O–H groups in total. The zero-order valence-corrected chi connectivity index (χ0v) is 13.4. The van der Waals surface area contributed by atoms with Crippen LogP contribution < -0.4 is 5.32 Å². The summed E-state index contributed by atoms with van der Waals surface area (Å²) >= 11 is 0. The Morgan fingerprint density at radius 2 is 1.32 bits per heavy atom. The molecule has 0 bridgehead atoms. The number of nitriles is 1. The molecule has 0 aromatic heterocycles. The van der Waals surface area contributed by atoms with Crippen LogP contribution in [0, 0.1) is 17.2 Å². The molecule has 2 nitrogen and oxygen atoms in total. The largest absolute Gasteiger partial charge is 0.291 e. The first kappa shape index (κ1) is 16.3. The van der Waals surface area contributed by atoms with E-state index in [1.807, 2.05) is 36.4 Å². The molecular weight excluding hydrogens is 268 g/mol. The summed E-state index contributed by atoms with van der Waals surface area (Å²) in [5, 5.41) is 13.2. The van der Waals surface area contributed by atoms with Crippen molar-refractivity contribution < 1.29 is 0 Å².